The van der Waals surface area contributed by atoms with Crippen LogP contribution in [0.1, 0.15) is 5.56 Å². The van der Waals surface area contributed by atoms with Crippen LogP contribution in [0.3, 0.4) is 0 Å². The van der Waals surface area contributed by atoms with Crippen LogP contribution in [0.25, 0.3) is 0 Å². The second kappa shape index (κ2) is 7.11. The van der Waals surface area contributed by atoms with Crippen LogP contribution in [0, 0.1) is 12.7 Å². The summed E-state index contributed by atoms with van der Waals surface area (Å²) in [5.41, 5.74) is 1.96. The van der Waals surface area contributed by atoms with Gasteiger partial charge in [0.2, 0.25) is 5.95 Å². The van der Waals surface area contributed by atoms with Gasteiger partial charge in [-0.15, -0.1) is 0 Å². The van der Waals surface area contributed by atoms with Crippen LogP contribution in [0.15, 0.2) is 59.6 Å². The van der Waals surface area contributed by atoms with Crippen molar-refractivity contribution in [3.8, 4) is 0 Å². The first-order valence-corrected chi connectivity index (χ1v) is 9.48. The monoisotopic (exact) mass is 371 g/mol. The minimum atomic E-state index is -2.75. The van der Waals surface area contributed by atoms with Crippen molar-refractivity contribution >= 4 is 38.7 Å². The molecule has 0 amide bonds. The van der Waals surface area contributed by atoms with Crippen LogP contribution < -0.4 is 15.8 Å². The van der Waals surface area contributed by atoms with E-state index in [1.165, 1.54) is 6.07 Å². The molecule has 0 saturated carbocycles. The zero-order chi connectivity index (χ0) is 18.7. The van der Waals surface area contributed by atoms with E-state index in [1.54, 1.807) is 48.7 Å². The number of nitrogens with one attached hydrogen (secondary N) is 2. The zero-order valence-corrected chi connectivity index (χ0v) is 14.9. The lowest BCUT2D eigenvalue weighted by atomic mass is 10.2. The lowest BCUT2D eigenvalue weighted by molar-refractivity contribution is 0.631. The maximum atomic E-state index is 13.9. The molecule has 1 heterocycles. The lowest BCUT2D eigenvalue weighted by Gasteiger charge is -2.10. The lowest BCUT2D eigenvalue weighted by Crippen LogP contribution is -2.11. The number of anilines is 4. The molecule has 2 aromatic carbocycles. The Balaban J connectivity index is 1.78. The van der Waals surface area contributed by atoms with Gasteiger partial charge in [-0.05, 0) is 60.8 Å². The summed E-state index contributed by atoms with van der Waals surface area (Å²) in [6.45, 7) is 1.88. The molecule has 3 aromatic rings. The molecule has 134 valence electrons. The summed E-state index contributed by atoms with van der Waals surface area (Å²) in [5, 5.41) is 11.5. The molecule has 1 unspecified atom stereocenters. The fraction of sp³-hybridized carbons (Fsp3) is 0.0556. The Hall–Kier alpha value is -2.97. The molecule has 0 aliphatic rings. The average molecular weight is 371 g/mol. The summed E-state index contributed by atoms with van der Waals surface area (Å²) in [5.74, 6) is 3.86. The fourth-order valence-electron chi connectivity index (χ4n) is 2.26. The molecule has 8 heteroatoms. The molecule has 3 rings (SSSR count). The predicted molar refractivity (Wildman–Crippen MR) is 104 cm³/mol. The molecule has 6 nitrogen and oxygen atoms in total. The average Bonchev–Trinajstić information content (AvgIpc) is 2.58. The van der Waals surface area contributed by atoms with Gasteiger partial charge < -0.3 is 10.6 Å². The summed E-state index contributed by atoms with van der Waals surface area (Å²) in [4.78, 5) is 8.90. The Morgan fingerprint density at radius 2 is 1.85 bits per heavy atom. The molecule has 0 bridgehead atoms. The van der Waals surface area contributed by atoms with E-state index in [-0.39, 0.29) is 5.82 Å². The molecular weight excluding hydrogens is 353 g/mol. The quantitative estimate of drug-likeness (QED) is 0.598. The highest BCUT2D eigenvalue weighted by atomic mass is 32.2. The molecule has 26 heavy (non-hydrogen) atoms. The maximum Gasteiger partial charge on any atom is 0.229 e. The number of hydrogen-bond donors (Lipinski definition) is 3. The van der Waals surface area contributed by atoms with E-state index < -0.39 is 9.71 Å². The van der Waals surface area contributed by atoms with Crippen molar-refractivity contribution in [1.29, 1.82) is 0 Å². The van der Waals surface area contributed by atoms with Crippen molar-refractivity contribution in [2.45, 2.75) is 11.8 Å². The summed E-state index contributed by atoms with van der Waals surface area (Å²) in [6.07, 6.45) is 1.56. The number of nitrogens with two attached hydrogens (primary N) is 1. The Bertz CT molecular complexity index is 1040. The summed E-state index contributed by atoms with van der Waals surface area (Å²) in [6, 6.07) is 13.1. The van der Waals surface area contributed by atoms with Gasteiger partial charge >= 0.3 is 0 Å². The Kier molecular flexibility index (Phi) is 4.88. The van der Waals surface area contributed by atoms with E-state index in [0.717, 1.165) is 5.56 Å². The maximum absolute atomic E-state index is 13.9. The van der Waals surface area contributed by atoms with Crippen molar-refractivity contribution in [3.05, 3.63) is 66.1 Å². The minimum absolute atomic E-state index is 0.332. The highest BCUT2D eigenvalue weighted by Crippen LogP contribution is 2.21. The van der Waals surface area contributed by atoms with Crippen molar-refractivity contribution in [1.82, 2.24) is 9.97 Å². The predicted octanol–water partition coefficient (Wildman–Crippen LogP) is 3.36. The summed E-state index contributed by atoms with van der Waals surface area (Å²) >= 11 is 0. The Morgan fingerprint density at radius 1 is 1.12 bits per heavy atom. The van der Waals surface area contributed by atoms with Gasteiger partial charge in [0, 0.05) is 16.8 Å². The molecular formula is C18H18FN5OS. The SMILES string of the molecule is C=S(N)(=O)c1ccc(Nc2nccc(Nc3cc(C)ccc3F)n2)cc1. The summed E-state index contributed by atoms with van der Waals surface area (Å²) < 4.78 is 25.6. The molecule has 0 aliphatic heterocycles. The van der Waals surface area contributed by atoms with Gasteiger partial charge in [-0.25, -0.2) is 13.6 Å². The number of aromatic nitrogens is 2. The van der Waals surface area contributed by atoms with Gasteiger partial charge in [-0.3, -0.25) is 5.14 Å². The highest BCUT2D eigenvalue weighted by molar-refractivity contribution is 7.98. The van der Waals surface area contributed by atoms with Gasteiger partial charge in [0.25, 0.3) is 0 Å². The second-order valence-corrected chi connectivity index (χ2v) is 7.67. The van der Waals surface area contributed by atoms with Crippen LogP contribution in [0.5, 0.6) is 0 Å². The Labute approximate surface area is 151 Å². The van der Waals surface area contributed by atoms with Gasteiger partial charge in [0.1, 0.15) is 11.6 Å². The highest BCUT2D eigenvalue weighted by Gasteiger charge is 2.06. The number of benzene rings is 2. The third kappa shape index (κ3) is 4.35. The minimum Gasteiger partial charge on any atom is -0.338 e. The van der Waals surface area contributed by atoms with E-state index in [1.807, 2.05) is 6.92 Å². The number of rotatable bonds is 5. The van der Waals surface area contributed by atoms with E-state index in [0.29, 0.717) is 28.0 Å². The Morgan fingerprint density at radius 3 is 2.54 bits per heavy atom. The largest absolute Gasteiger partial charge is 0.338 e. The second-order valence-electron chi connectivity index (χ2n) is 5.75. The zero-order valence-electron chi connectivity index (χ0n) is 14.1. The number of hydrogen-bond acceptors (Lipinski definition) is 5. The van der Waals surface area contributed by atoms with Crippen LogP contribution in [-0.4, -0.2) is 20.0 Å². The molecule has 0 fully saturated rings. The van der Waals surface area contributed by atoms with Crippen molar-refractivity contribution < 1.29 is 8.60 Å². The standard InChI is InChI=1S/C18H18FN5OS/c1-12-3-8-15(19)16(11-12)23-17-9-10-21-18(24-17)22-13-4-6-14(7-5-13)26(2,20)25/h3-11H,2H2,1H3,(H2,20,25)(H2,21,22,23,24). The van der Waals surface area contributed by atoms with Crippen LogP contribution in [-0.2, 0) is 9.71 Å². The molecule has 1 atom stereocenters. The van der Waals surface area contributed by atoms with Crippen molar-refractivity contribution in [3.63, 3.8) is 0 Å². The molecule has 0 saturated heterocycles. The molecule has 0 radical (unpaired) electrons. The van der Waals surface area contributed by atoms with E-state index in [9.17, 15) is 8.60 Å². The third-order valence-corrected chi connectivity index (χ3v) is 4.62. The molecule has 0 aliphatic carbocycles. The van der Waals surface area contributed by atoms with E-state index in [4.69, 9.17) is 5.14 Å². The van der Waals surface area contributed by atoms with Gasteiger partial charge in [-0.2, -0.15) is 4.98 Å². The summed E-state index contributed by atoms with van der Waals surface area (Å²) in [7, 11) is -2.75. The normalized spacial score (nSPS) is 13.0. The van der Waals surface area contributed by atoms with E-state index in [2.05, 4.69) is 26.5 Å². The van der Waals surface area contributed by atoms with Crippen LogP contribution in [0.2, 0.25) is 0 Å². The van der Waals surface area contributed by atoms with Gasteiger partial charge in [-0.1, -0.05) is 6.07 Å². The molecule has 0 spiro atoms. The van der Waals surface area contributed by atoms with Crippen molar-refractivity contribution in [2.75, 3.05) is 10.6 Å². The third-order valence-electron chi connectivity index (χ3n) is 3.55. The van der Waals surface area contributed by atoms with Gasteiger partial charge in [0.15, 0.2) is 0 Å². The fourth-order valence-corrected chi connectivity index (χ4v) is 2.86. The topological polar surface area (TPSA) is 92.9 Å². The number of halogens is 1. The number of nitrogens with zero attached hydrogens (tertiary/aromatic N) is 2. The van der Waals surface area contributed by atoms with Crippen LogP contribution >= 0.6 is 0 Å². The molecule has 4 N–H and O–H groups in total. The molecule has 1 aromatic heterocycles. The first-order valence-electron chi connectivity index (χ1n) is 7.69. The van der Waals surface area contributed by atoms with Crippen molar-refractivity contribution in [2.24, 2.45) is 5.14 Å². The first kappa shape index (κ1) is 17.8. The first-order chi connectivity index (χ1) is 12.3. The smallest absolute Gasteiger partial charge is 0.229 e. The number of aryl methyl sites for hydroxylation is 1. The van der Waals surface area contributed by atoms with Crippen LogP contribution in [0.4, 0.5) is 27.5 Å². The van der Waals surface area contributed by atoms with E-state index >= 15 is 0 Å². The van der Waals surface area contributed by atoms with Gasteiger partial charge in [0.05, 0.1) is 15.4 Å².